The van der Waals surface area contributed by atoms with Gasteiger partial charge >= 0.3 is 0 Å². The summed E-state index contributed by atoms with van der Waals surface area (Å²) in [6.45, 7) is 4.54. The SMILES string of the molecule is CCCCCCCCCCCC(=O)NCC(C)C#N. The average molecular weight is 266 g/mol. The van der Waals surface area contributed by atoms with E-state index in [-0.39, 0.29) is 11.8 Å². The topological polar surface area (TPSA) is 52.9 Å². The van der Waals surface area contributed by atoms with Crippen LogP contribution in [0.3, 0.4) is 0 Å². The maximum absolute atomic E-state index is 11.5. The second-order valence-corrected chi connectivity index (χ2v) is 5.41. The van der Waals surface area contributed by atoms with E-state index in [1.807, 2.05) is 6.92 Å². The number of unbranched alkanes of at least 4 members (excludes halogenated alkanes) is 8. The number of hydrogen-bond acceptors (Lipinski definition) is 2. The van der Waals surface area contributed by atoms with Gasteiger partial charge in [-0.05, 0) is 13.3 Å². The second-order valence-electron chi connectivity index (χ2n) is 5.41. The minimum absolute atomic E-state index is 0.0880. The number of nitrogens with one attached hydrogen (secondary N) is 1. The van der Waals surface area contributed by atoms with Crippen LogP contribution in [0, 0.1) is 17.2 Å². The van der Waals surface area contributed by atoms with Crippen molar-refractivity contribution >= 4 is 5.91 Å². The Balaban J connectivity index is 3.21. The van der Waals surface area contributed by atoms with Crippen molar-refractivity contribution in [1.29, 1.82) is 5.26 Å². The first-order chi connectivity index (χ1) is 9.20. The second kappa shape index (κ2) is 13.4. The maximum atomic E-state index is 11.5. The highest BCUT2D eigenvalue weighted by Gasteiger charge is 2.03. The summed E-state index contributed by atoms with van der Waals surface area (Å²) in [6, 6.07) is 2.11. The number of rotatable bonds is 12. The van der Waals surface area contributed by atoms with E-state index in [1.165, 1.54) is 44.9 Å². The minimum atomic E-state index is -0.0907. The standard InChI is InChI=1S/C16H30N2O/c1-3-4-5-6-7-8-9-10-11-12-16(19)18-14-15(2)13-17/h15H,3-12,14H2,1-2H3,(H,18,19). The smallest absolute Gasteiger partial charge is 0.220 e. The van der Waals surface area contributed by atoms with Gasteiger partial charge in [-0.2, -0.15) is 5.26 Å². The molecule has 0 fully saturated rings. The number of carbonyl (C=O) groups is 1. The molecule has 110 valence electrons. The van der Waals surface area contributed by atoms with E-state index in [4.69, 9.17) is 5.26 Å². The molecule has 0 saturated carbocycles. The fourth-order valence-corrected chi connectivity index (χ4v) is 2.00. The van der Waals surface area contributed by atoms with Gasteiger partial charge in [0.1, 0.15) is 0 Å². The van der Waals surface area contributed by atoms with E-state index in [2.05, 4.69) is 18.3 Å². The van der Waals surface area contributed by atoms with Crippen molar-refractivity contribution in [3.63, 3.8) is 0 Å². The van der Waals surface area contributed by atoms with Crippen molar-refractivity contribution in [3.8, 4) is 6.07 Å². The van der Waals surface area contributed by atoms with Crippen LogP contribution < -0.4 is 5.32 Å². The zero-order valence-corrected chi connectivity index (χ0v) is 12.7. The van der Waals surface area contributed by atoms with Crippen molar-refractivity contribution in [2.75, 3.05) is 6.54 Å². The Labute approximate surface area is 118 Å². The molecule has 3 heteroatoms. The van der Waals surface area contributed by atoms with E-state index < -0.39 is 0 Å². The molecule has 0 aliphatic rings. The lowest BCUT2D eigenvalue weighted by Crippen LogP contribution is -2.27. The summed E-state index contributed by atoms with van der Waals surface area (Å²) >= 11 is 0. The molecule has 19 heavy (non-hydrogen) atoms. The van der Waals surface area contributed by atoms with Gasteiger partial charge in [0.15, 0.2) is 0 Å². The highest BCUT2D eigenvalue weighted by molar-refractivity contribution is 5.75. The largest absolute Gasteiger partial charge is 0.355 e. The van der Waals surface area contributed by atoms with Crippen molar-refractivity contribution < 1.29 is 4.79 Å². The van der Waals surface area contributed by atoms with Crippen LogP contribution in [-0.4, -0.2) is 12.5 Å². The van der Waals surface area contributed by atoms with Crippen LogP contribution in [0.25, 0.3) is 0 Å². The first kappa shape index (κ1) is 18.0. The van der Waals surface area contributed by atoms with Crippen LogP contribution >= 0.6 is 0 Å². The number of nitrogens with zero attached hydrogens (tertiary/aromatic N) is 1. The molecule has 0 aliphatic carbocycles. The Bertz CT molecular complexity index is 258. The zero-order valence-electron chi connectivity index (χ0n) is 12.7. The Morgan fingerprint density at radius 1 is 1.05 bits per heavy atom. The third-order valence-corrected chi connectivity index (χ3v) is 3.33. The molecule has 0 aliphatic heterocycles. The molecule has 0 aromatic rings. The van der Waals surface area contributed by atoms with Crippen LogP contribution in [0.1, 0.15) is 78.1 Å². The first-order valence-electron chi connectivity index (χ1n) is 7.87. The van der Waals surface area contributed by atoms with Gasteiger partial charge in [0.25, 0.3) is 0 Å². The van der Waals surface area contributed by atoms with Crippen LogP contribution in [0.2, 0.25) is 0 Å². The summed E-state index contributed by atoms with van der Waals surface area (Å²) in [7, 11) is 0. The normalized spacial score (nSPS) is 11.8. The predicted molar refractivity (Wildman–Crippen MR) is 79.6 cm³/mol. The molecule has 0 bridgehead atoms. The Hall–Kier alpha value is -1.04. The third kappa shape index (κ3) is 13.2. The molecule has 3 nitrogen and oxygen atoms in total. The molecular formula is C16H30N2O. The molecule has 0 heterocycles. The third-order valence-electron chi connectivity index (χ3n) is 3.33. The predicted octanol–water partition coefficient (Wildman–Crippen LogP) is 4.18. The summed E-state index contributed by atoms with van der Waals surface area (Å²) in [5.74, 6) is -0.00267. The number of hydrogen-bond donors (Lipinski definition) is 1. The average Bonchev–Trinajstić information content (AvgIpc) is 2.42. The Morgan fingerprint density at radius 2 is 1.58 bits per heavy atom. The molecular weight excluding hydrogens is 236 g/mol. The highest BCUT2D eigenvalue weighted by atomic mass is 16.1. The summed E-state index contributed by atoms with van der Waals surface area (Å²) in [5.41, 5.74) is 0. The lowest BCUT2D eigenvalue weighted by molar-refractivity contribution is -0.121. The minimum Gasteiger partial charge on any atom is -0.355 e. The van der Waals surface area contributed by atoms with Crippen LogP contribution in [-0.2, 0) is 4.79 Å². The van der Waals surface area contributed by atoms with Gasteiger partial charge in [-0.3, -0.25) is 4.79 Å². The lowest BCUT2D eigenvalue weighted by Gasteiger charge is -2.06. The first-order valence-corrected chi connectivity index (χ1v) is 7.87. The van der Waals surface area contributed by atoms with Crippen molar-refractivity contribution in [1.82, 2.24) is 5.32 Å². The van der Waals surface area contributed by atoms with Crippen LogP contribution in [0.15, 0.2) is 0 Å². The monoisotopic (exact) mass is 266 g/mol. The molecule has 1 unspecified atom stereocenters. The van der Waals surface area contributed by atoms with Gasteiger partial charge in [-0.15, -0.1) is 0 Å². The summed E-state index contributed by atoms with van der Waals surface area (Å²) in [4.78, 5) is 11.5. The van der Waals surface area contributed by atoms with Gasteiger partial charge in [0, 0.05) is 13.0 Å². The summed E-state index contributed by atoms with van der Waals surface area (Å²) in [6.07, 6.45) is 12.0. The summed E-state index contributed by atoms with van der Waals surface area (Å²) < 4.78 is 0. The quantitative estimate of drug-likeness (QED) is 0.539. The molecule has 1 N–H and O–H groups in total. The van der Waals surface area contributed by atoms with Crippen molar-refractivity contribution in [2.45, 2.75) is 78.1 Å². The molecule has 0 saturated heterocycles. The molecule has 1 amide bonds. The molecule has 0 spiro atoms. The van der Waals surface area contributed by atoms with E-state index >= 15 is 0 Å². The molecule has 0 aromatic carbocycles. The van der Waals surface area contributed by atoms with Crippen molar-refractivity contribution in [3.05, 3.63) is 0 Å². The van der Waals surface area contributed by atoms with Gasteiger partial charge in [0.05, 0.1) is 12.0 Å². The fraction of sp³-hybridized carbons (Fsp3) is 0.875. The summed E-state index contributed by atoms with van der Waals surface area (Å²) in [5, 5.41) is 11.4. The van der Waals surface area contributed by atoms with E-state index in [1.54, 1.807) is 0 Å². The Kier molecular flexibility index (Phi) is 12.7. The molecule has 0 aromatic heterocycles. The van der Waals surface area contributed by atoms with Crippen molar-refractivity contribution in [2.24, 2.45) is 5.92 Å². The number of carbonyl (C=O) groups excluding carboxylic acids is 1. The molecule has 0 rings (SSSR count). The Morgan fingerprint density at radius 3 is 2.11 bits per heavy atom. The molecule has 0 radical (unpaired) electrons. The maximum Gasteiger partial charge on any atom is 0.220 e. The van der Waals surface area contributed by atoms with E-state index in [9.17, 15) is 4.79 Å². The fourth-order valence-electron chi connectivity index (χ4n) is 2.00. The number of amides is 1. The van der Waals surface area contributed by atoms with Gasteiger partial charge in [0.2, 0.25) is 5.91 Å². The van der Waals surface area contributed by atoms with E-state index in [0.29, 0.717) is 13.0 Å². The van der Waals surface area contributed by atoms with E-state index in [0.717, 1.165) is 12.8 Å². The van der Waals surface area contributed by atoms with Crippen LogP contribution in [0.4, 0.5) is 0 Å². The van der Waals surface area contributed by atoms with Crippen LogP contribution in [0.5, 0.6) is 0 Å². The van der Waals surface area contributed by atoms with Gasteiger partial charge in [-0.1, -0.05) is 58.3 Å². The van der Waals surface area contributed by atoms with Gasteiger partial charge < -0.3 is 5.32 Å². The van der Waals surface area contributed by atoms with Gasteiger partial charge in [-0.25, -0.2) is 0 Å². The lowest BCUT2D eigenvalue weighted by atomic mass is 10.1. The zero-order chi connectivity index (χ0) is 14.3. The highest BCUT2D eigenvalue weighted by Crippen LogP contribution is 2.10. The number of nitriles is 1. The molecule has 1 atom stereocenters.